The lowest BCUT2D eigenvalue weighted by Crippen LogP contribution is -2.73. The van der Waals surface area contributed by atoms with Crippen LogP contribution in [0.2, 0.25) is 0 Å². The normalized spacial score (nSPS) is 13.8. The first-order valence-electron chi connectivity index (χ1n) is 24.4. The summed E-state index contributed by atoms with van der Waals surface area (Å²) < 4.78 is 0. The van der Waals surface area contributed by atoms with E-state index in [1.165, 1.54) is 110 Å². The van der Waals surface area contributed by atoms with E-state index in [4.69, 9.17) is 0 Å². The molecular weight excluding hydrogens is 848 g/mol. The lowest BCUT2D eigenvalue weighted by molar-refractivity contribution is 0.590. The van der Waals surface area contributed by atoms with Gasteiger partial charge in [-0.25, -0.2) is 0 Å². The molecule has 0 bridgehead atoms. The fraction of sp³-hybridized carbons (Fsp3) is 0.0769. The minimum absolute atomic E-state index is 0.0344. The van der Waals surface area contributed by atoms with Gasteiger partial charge in [-0.3, -0.25) is 0 Å². The third-order valence-corrected chi connectivity index (χ3v) is 20.0. The highest BCUT2D eigenvalue weighted by Gasteiger charge is 2.51. The van der Waals surface area contributed by atoms with E-state index < -0.39 is 8.07 Å². The van der Waals surface area contributed by atoms with E-state index in [-0.39, 0.29) is 12.1 Å². The van der Waals surface area contributed by atoms with Crippen LogP contribution in [0.15, 0.2) is 237 Å². The zero-order valence-corrected chi connectivity index (χ0v) is 40.5. The van der Waals surface area contributed by atoms with Crippen molar-refractivity contribution in [3.8, 4) is 33.4 Å². The van der Waals surface area contributed by atoms with Crippen molar-refractivity contribution in [1.29, 1.82) is 0 Å². The molecule has 10 aromatic rings. The highest BCUT2D eigenvalue weighted by atomic mass is 28.3. The van der Waals surface area contributed by atoms with Crippen LogP contribution in [-0.4, -0.2) is 14.8 Å². The summed E-state index contributed by atoms with van der Waals surface area (Å²) in [5, 5.41) is 5.72. The van der Waals surface area contributed by atoms with Crippen molar-refractivity contribution in [3.05, 3.63) is 248 Å². The Bertz CT molecular complexity index is 3580. The van der Waals surface area contributed by atoms with Gasteiger partial charge in [0.2, 0.25) is 0 Å². The first-order chi connectivity index (χ1) is 33.8. The third-order valence-electron chi connectivity index (χ3n) is 15.1. The number of nitrogens with zero attached hydrogens (tertiary/aromatic N) is 2. The summed E-state index contributed by atoms with van der Waals surface area (Å²) in [6.45, 7) is 9.21. The fourth-order valence-corrected chi connectivity index (χ4v) is 17.3. The van der Waals surface area contributed by atoms with Crippen LogP contribution in [0.25, 0.3) is 33.4 Å². The molecule has 0 saturated heterocycles. The molecule has 3 heterocycles. The molecule has 13 rings (SSSR count). The van der Waals surface area contributed by atoms with Crippen LogP contribution < -0.4 is 46.9 Å². The summed E-state index contributed by atoms with van der Waals surface area (Å²) in [6.07, 6.45) is 0. The second kappa shape index (κ2) is 15.8. The third kappa shape index (κ3) is 6.32. The number of hydrogen-bond acceptors (Lipinski definition) is 2. The van der Waals surface area contributed by atoms with Crippen molar-refractivity contribution in [2.75, 3.05) is 9.80 Å². The summed E-state index contributed by atoms with van der Waals surface area (Å²) >= 11 is 0. The Kier molecular flexibility index (Phi) is 9.47. The lowest BCUT2D eigenvalue weighted by Gasteiger charge is -2.45. The highest BCUT2D eigenvalue weighted by molar-refractivity contribution is 7.22. The van der Waals surface area contributed by atoms with Gasteiger partial charge in [0.1, 0.15) is 0 Å². The van der Waals surface area contributed by atoms with E-state index >= 15 is 0 Å². The minimum Gasteiger partial charge on any atom is -0.311 e. The van der Waals surface area contributed by atoms with Crippen LogP contribution >= 0.6 is 0 Å². The van der Waals surface area contributed by atoms with Gasteiger partial charge < -0.3 is 9.80 Å². The number of anilines is 6. The maximum atomic E-state index is 2.69. The van der Waals surface area contributed by atoms with Crippen molar-refractivity contribution < 1.29 is 0 Å². The van der Waals surface area contributed by atoms with E-state index in [1.54, 1.807) is 0 Å². The zero-order chi connectivity index (χ0) is 46.4. The Morgan fingerprint density at radius 1 is 0.377 bits per heavy atom. The van der Waals surface area contributed by atoms with Crippen LogP contribution in [0, 0.1) is 6.92 Å². The predicted molar refractivity (Wildman–Crippen MR) is 297 cm³/mol. The molecule has 0 aromatic heterocycles. The molecule has 0 atom stereocenters. The highest BCUT2D eigenvalue weighted by Crippen LogP contribution is 2.49. The predicted octanol–water partition coefficient (Wildman–Crippen LogP) is 12.1. The maximum absolute atomic E-state index is 2.84. The van der Waals surface area contributed by atoms with Crippen molar-refractivity contribution in [3.63, 3.8) is 0 Å². The fourth-order valence-electron chi connectivity index (χ4n) is 12.1. The zero-order valence-electron chi connectivity index (χ0n) is 39.5. The first-order valence-corrected chi connectivity index (χ1v) is 26.4. The van der Waals surface area contributed by atoms with Crippen LogP contribution in [0.4, 0.5) is 34.1 Å². The molecule has 69 heavy (non-hydrogen) atoms. The molecule has 3 aliphatic heterocycles. The maximum Gasteiger partial charge on any atom is 0.252 e. The monoisotopic (exact) mass is 898 g/mol. The standard InChI is InChI=1S/C65H51BN2Si/c1-44-38-60-64-61(39-44)68(57-37-36-48(65(2,3)4)41-53(57)46-24-11-6-12-25-46)59-42-54-52-32-17-20-35-62(52)69(50-28-13-7-14-29-50,51-30-15-8-16-31-51)63(54)43-56(59)66(64)55-33-18-19-34-58(55)67(60)49-27-21-26-47(40-49)45-22-9-5-10-23-45/h5-43H,1-4H3. The Morgan fingerprint density at radius 3 is 1.67 bits per heavy atom. The summed E-state index contributed by atoms with van der Waals surface area (Å²) in [6, 6.07) is 89.8. The van der Waals surface area contributed by atoms with Gasteiger partial charge in [0.25, 0.3) is 6.71 Å². The second-order valence-electron chi connectivity index (χ2n) is 20.1. The molecule has 2 nitrogen and oxygen atoms in total. The number of hydrogen-bond donors (Lipinski definition) is 0. The number of rotatable bonds is 6. The van der Waals surface area contributed by atoms with E-state index in [1.807, 2.05) is 0 Å². The average molecular weight is 899 g/mol. The lowest BCUT2D eigenvalue weighted by atomic mass is 9.33. The Balaban J connectivity index is 1.16. The van der Waals surface area contributed by atoms with Crippen LogP contribution in [0.1, 0.15) is 31.9 Å². The van der Waals surface area contributed by atoms with Gasteiger partial charge in [-0.05, 0) is 137 Å². The van der Waals surface area contributed by atoms with E-state index in [9.17, 15) is 0 Å². The van der Waals surface area contributed by atoms with Gasteiger partial charge in [-0.15, -0.1) is 0 Å². The molecule has 0 saturated carbocycles. The number of para-hydroxylation sites is 1. The van der Waals surface area contributed by atoms with Crippen molar-refractivity contribution in [1.82, 2.24) is 0 Å². The van der Waals surface area contributed by atoms with Crippen LogP contribution in [0.5, 0.6) is 0 Å². The summed E-state index contributed by atoms with van der Waals surface area (Å²) in [7, 11) is -2.84. The molecular formula is C65H51BN2Si. The quantitative estimate of drug-likeness (QED) is 0.153. The van der Waals surface area contributed by atoms with Gasteiger partial charge in [-0.2, -0.15) is 0 Å². The van der Waals surface area contributed by atoms with Gasteiger partial charge in [0.15, 0.2) is 8.07 Å². The smallest absolute Gasteiger partial charge is 0.252 e. The molecule has 0 unspecified atom stereocenters. The van der Waals surface area contributed by atoms with E-state index in [0.717, 1.165) is 5.69 Å². The molecule has 0 radical (unpaired) electrons. The van der Waals surface area contributed by atoms with E-state index in [0.29, 0.717) is 0 Å². The van der Waals surface area contributed by atoms with E-state index in [2.05, 4.69) is 274 Å². The number of fused-ring (bicyclic) bond motifs is 7. The molecule has 3 aliphatic rings. The average Bonchev–Trinajstić information content (AvgIpc) is 3.68. The topological polar surface area (TPSA) is 6.48 Å². The van der Waals surface area contributed by atoms with Crippen molar-refractivity contribution in [2.24, 2.45) is 0 Å². The van der Waals surface area contributed by atoms with Gasteiger partial charge in [0.05, 0.1) is 5.69 Å². The SMILES string of the molecule is Cc1cc2c3c(c1)N(c1ccc(C(C)(C)C)cc1-c1ccccc1)c1cc4c(cc1B3c1ccccc1N2c1cccc(-c2ccccc2)c1)[Si](c1ccccc1)(c1ccccc1)c1ccccc1-4. The molecule has 0 N–H and O–H groups in total. The molecule has 0 fully saturated rings. The van der Waals surface area contributed by atoms with Gasteiger partial charge >= 0.3 is 0 Å². The van der Waals surface area contributed by atoms with Crippen molar-refractivity contribution >= 4 is 86.0 Å². The van der Waals surface area contributed by atoms with Crippen LogP contribution in [0.3, 0.4) is 0 Å². The Hall–Kier alpha value is -7.92. The summed E-state index contributed by atoms with van der Waals surface area (Å²) in [5.74, 6) is 0. The minimum atomic E-state index is -2.84. The summed E-state index contributed by atoms with van der Waals surface area (Å²) in [5.41, 5.74) is 21.2. The molecule has 328 valence electrons. The largest absolute Gasteiger partial charge is 0.311 e. The molecule has 0 spiro atoms. The van der Waals surface area contributed by atoms with Crippen LogP contribution in [-0.2, 0) is 5.41 Å². The molecule has 0 amide bonds. The molecule has 4 heteroatoms. The Labute approximate surface area is 407 Å². The second-order valence-corrected chi connectivity index (χ2v) is 23.9. The number of aryl methyl sites for hydroxylation is 1. The van der Waals surface area contributed by atoms with Crippen molar-refractivity contribution in [2.45, 2.75) is 33.1 Å². The Morgan fingerprint density at radius 2 is 0.971 bits per heavy atom. The summed E-state index contributed by atoms with van der Waals surface area (Å²) in [4.78, 5) is 5.19. The first kappa shape index (κ1) is 41.3. The molecule has 10 aromatic carbocycles. The molecule has 0 aliphatic carbocycles. The number of benzene rings is 10. The van der Waals surface area contributed by atoms with Gasteiger partial charge in [-0.1, -0.05) is 209 Å². The van der Waals surface area contributed by atoms with Gasteiger partial charge in [0, 0.05) is 34.0 Å².